The lowest BCUT2D eigenvalue weighted by Crippen LogP contribution is -2.23. The van der Waals surface area contributed by atoms with E-state index in [4.69, 9.17) is 9.84 Å². The number of aromatic nitrogens is 2. The van der Waals surface area contributed by atoms with Gasteiger partial charge in [0.2, 0.25) is 0 Å². The fourth-order valence-electron chi connectivity index (χ4n) is 2.39. The van der Waals surface area contributed by atoms with Gasteiger partial charge >= 0.3 is 5.97 Å². The normalized spacial score (nSPS) is 15.1. The quantitative estimate of drug-likeness (QED) is 0.909. The van der Waals surface area contributed by atoms with Crippen molar-refractivity contribution in [1.82, 2.24) is 9.55 Å². The Bertz CT molecular complexity index is 751. The van der Waals surface area contributed by atoms with Crippen LogP contribution >= 0.6 is 0 Å². The van der Waals surface area contributed by atoms with E-state index in [2.05, 4.69) is 4.98 Å². The van der Waals surface area contributed by atoms with E-state index in [1.807, 2.05) is 0 Å². The van der Waals surface area contributed by atoms with E-state index in [-0.39, 0.29) is 5.56 Å². The number of nitrogens with zero attached hydrogens (tertiary/aromatic N) is 2. The summed E-state index contributed by atoms with van der Waals surface area (Å²) in [6.07, 6.45) is 0.787. The van der Waals surface area contributed by atoms with Crippen molar-refractivity contribution in [1.29, 1.82) is 0 Å². The average Bonchev–Trinajstić information content (AvgIpc) is 2.88. The number of carboxylic acids is 1. The summed E-state index contributed by atoms with van der Waals surface area (Å²) in [6.45, 7) is 2.13. The first-order valence-corrected chi connectivity index (χ1v) is 6.49. The van der Waals surface area contributed by atoms with Gasteiger partial charge in [0.25, 0.3) is 5.56 Å². The average molecular weight is 274 g/mol. The van der Waals surface area contributed by atoms with Crippen molar-refractivity contribution in [2.24, 2.45) is 0 Å². The van der Waals surface area contributed by atoms with E-state index in [0.717, 1.165) is 18.7 Å². The minimum Gasteiger partial charge on any atom is -0.479 e. The van der Waals surface area contributed by atoms with E-state index in [1.165, 1.54) is 6.92 Å². The number of carboxylic acid groups (broad SMARTS) is 1. The zero-order valence-corrected chi connectivity index (χ0v) is 11.0. The van der Waals surface area contributed by atoms with Gasteiger partial charge < -0.3 is 9.84 Å². The van der Waals surface area contributed by atoms with Crippen molar-refractivity contribution in [3.63, 3.8) is 0 Å². The molecule has 0 aliphatic carbocycles. The van der Waals surface area contributed by atoms with Crippen LogP contribution in [0.4, 0.5) is 0 Å². The van der Waals surface area contributed by atoms with Crippen LogP contribution in [0, 0.1) is 0 Å². The highest BCUT2D eigenvalue weighted by Gasteiger charge is 2.17. The molecule has 20 heavy (non-hydrogen) atoms. The highest BCUT2D eigenvalue weighted by Crippen LogP contribution is 2.20. The summed E-state index contributed by atoms with van der Waals surface area (Å²) in [5, 5.41) is 9.30. The smallest absolute Gasteiger partial charge is 0.344 e. The molecule has 1 aromatic carbocycles. The molecular weight excluding hydrogens is 260 g/mol. The molecule has 0 radical (unpaired) electrons. The number of aliphatic carboxylic acids is 1. The number of rotatable bonds is 3. The van der Waals surface area contributed by atoms with E-state index >= 15 is 0 Å². The number of aryl methyl sites for hydroxylation is 1. The molecule has 0 saturated carbocycles. The first-order chi connectivity index (χ1) is 9.56. The molecule has 1 N–H and O–H groups in total. The van der Waals surface area contributed by atoms with Crippen LogP contribution in [0.5, 0.6) is 5.75 Å². The van der Waals surface area contributed by atoms with Gasteiger partial charge in [0.05, 0.1) is 10.9 Å². The number of hydrogen-bond acceptors (Lipinski definition) is 4. The van der Waals surface area contributed by atoms with Crippen LogP contribution < -0.4 is 10.3 Å². The minimum atomic E-state index is -1.05. The van der Waals surface area contributed by atoms with Gasteiger partial charge in [-0.2, -0.15) is 0 Å². The van der Waals surface area contributed by atoms with Gasteiger partial charge in [-0.1, -0.05) is 0 Å². The Balaban J connectivity index is 2.07. The summed E-state index contributed by atoms with van der Waals surface area (Å²) in [7, 11) is 0. The topological polar surface area (TPSA) is 81.4 Å². The third-order valence-corrected chi connectivity index (χ3v) is 3.45. The van der Waals surface area contributed by atoms with Crippen molar-refractivity contribution in [3.8, 4) is 5.75 Å². The van der Waals surface area contributed by atoms with Crippen LogP contribution in [-0.4, -0.2) is 26.7 Å². The van der Waals surface area contributed by atoms with Crippen molar-refractivity contribution in [2.45, 2.75) is 32.4 Å². The van der Waals surface area contributed by atoms with Crippen LogP contribution in [-0.2, 0) is 17.8 Å². The summed E-state index contributed by atoms with van der Waals surface area (Å²) >= 11 is 0. The van der Waals surface area contributed by atoms with E-state index < -0.39 is 12.1 Å². The molecule has 1 aliphatic rings. The molecule has 2 heterocycles. The maximum absolute atomic E-state index is 12.3. The molecule has 3 rings (SSSR count). The number of benzene rings is 1. The molecule has 0 saturated heterocycles. The number of fused-ring (bicyclic) bond motifs is 2. The molecule has 1 aliphatic heterocycles. The van der Waals surface area contributed by atoms with E-state index in [9.17, 15) is 9.59 Å². The zero-order valence-electron chi connectivity index (χ0n) is 11.0. The van der Waals surface area contributed by atoms with Gasteiger partial charge in [0.15, 0.2) is 6.10 Å². The number of ether oxygens (including phenoxy) is 1. The molecule has 0 fully saturated rings. The fraction of sp³-hybridized carbons (Fsp3) is 0.357. The molecule has 1 aromatic heterocycles. The lowest BCUT2D eigenvalue weighted by molar-refractivity contribution is -0.144. The summed E-state index contributed by atoms with van der Waals surface area (Å²) in [6, 6.07) is 4.90. The SMILES string of the molecule is C[C@H](Oc1ccc2nc3n(c(=O)c2c1)CCC3)C(=O)O. The molecule has 104 valence electrons. The number of carbonyl (C=O) groups is 1. The molecule has 6 nitrogen and oxygen atoms in total. The Kier molecular flexibility index (Phi) is 2.93. The van der Waals surface area contributed by atoms with Crippen molar-refractivity contribution in [3.05, 3.63) is 34.4 Å². The molecular formula is C14H14N2O4. The van der Waals surface area contributed by atoms with Gasteiger partial charge in [-0.3, -0.25) is 9.36 Å². The van der Waals surface area contributed by atoms with Crippen molar-refractivity contribution >= 4 is 16.9 Å². The molecule has 0 spiro atoms. The Hall–Kier alpha value is -2.37. The van der Waals surface area contributed by atoms with Crippen LogP contribution in [0.3, 0.4) is 0 Å². The fourth-order valence-corrected chi connectivity index (χ4v) is 2.39. The second-order valence-corrected chi connectivity index (χ2v) is 4.87. The van der Waals surface area contributed by atoms with Crippen molar-refractivity contribution < 1.29 is 14.6 Å². The van der Waals surface area contributed by atoms with Crippen LogP contribution in [0.15, 0.2) is 23.0 Å². The summed E-state index contributed by atoms with van der Waals surface area (Å²) < 4.78 is 6.96. The van der Waals surface area contributed by atoms with Gasteiger partial charge in [-0.05, 0) is 31.5 Å². The first-order valence-electron chi connectivity index (χ1n) is 6.49. The third kappa shape index (κ3) is 2.03. The van der Waals surface area contributed by atoms with E-state index in [1.54, 1.807) is 22.8 Å². The molecule has 2 aromatic rings. The van der Waals surface area contributed by atoms with Gasteiger partial charge in [-0.25, -0.2) is 9.78 Å². The standard InChI is InChI=1S/C14H14N2O4/c1-8(14(18)19)20-9-4-5-11-10(7-9)13(17)16-6-2-3-12(16)15-11/h4-5,7-8H,2-3,6H2,1H3,(H,18,19)/t8-/m0/s1. The molecule has 1 atom stereocenters. The Morgan fingerprint density at radius 3 is 3.05 bits per heavy atom. The Labute approximate surface area is 114 Å². The Morgan fingerprint density at radius 2 is 2.30 bits per heavy atom. The van der Waals surface area contributed by atoms with Gasteiger partial charge in [0.1, 0.15) is 11.6 Å². The van der Waals surface area contributed by atoms with Gasteiger partial charge in [0, 0.05) is 13.0 Å². The monoisotopic (exact) mass is 274 g/mol. The van der Waals surface area contributed by atoms with E-state index in [0.29, 0.717) is 23.2 Å². The first kappa shape index (κ1) is 12.7. The predicted octanol–water partition coefficient (Wildman–Crippen LogP) is 1.19. The lowest BCUT2D eigenvalue weighted by Gasteiger charge is -2.11. The maximum Gasteiger partial charge on any atom is 0.344 e. The van der Waals surface area contributed by atoms with Gasteiger partial charge in [-0.15, -0.1) is 0 Å². The summed E-state index contributed by atoms with van der Waals surface area (Å²) in [5.74, 6) is 0.133. The van der Waals surface area contributed by atoms with Crippen molar-refractivity contribution in [2.75, 3.05) is 0 Å². The third-order valence-electron chi connectivity index (χ3n) is 3.45. The zero-order chi connectivity index (χ0) is 14.3. The highest BCUT2D eigenvalue weighted by atomic mass is 16.5. The summed E-state index contributed by atoms with van der Waals surface area (Å²) in [5.41, 5.74) is 0.536. The molecule has 0 amide bonds. The van der Waals surface area contributed by atoms with Crippen LogP contribution in [0.25, 0.3) is 10.9 Å². The molecule has 0 bridgehead atoms. The predicted molar refractivity (Wildman–Crippen MR) is 72.0 cm³/mol. The lowest BCUT2D eigenvalue weighted by atomic mass is 10.2. The second kappa shape index (κ2) is 4.63. The Morgan fingerprint density at radius 1 is 1.50 bits per heavy atom. The summed E-state index contributed by atoms with van der Waals surface area (Å²) in [4.78, 5) is 27.6. The maximum atomic E-state index is 12.3. The molecule has 6 heteroatoms. The highest BCUT2D eigenvalue weighted by molar-refractivity contribution is 5.79. The number of hydrogen-bond donors (Lipinski definition) is 1. The van der Waals surface area contributed by atoms with Crippen LogP contribution in [0.2, 0.25) is 0 Å². The second-order valence-electron chi connectivity index (χ2n) is 4.87. The molecule has 0 unspecified atom stereocenters. The van der Waals surface area contributed by atoms with Crippen LogP contribution in [0.1, 0.15) is 19.2 Å². The largest absolute Gasteiger partial charge is 0.479 e. The minimum absolute atomic E-state index is 0.0871.